The summed E-state index contributed by atoms with van der Waals surface area (Å²) in [5.74, 6) is 1.05. The number of anilines is 1. The molecule has 1 heterocycles. The summed E-state index contributed by atoms with van der Waals surface area (Å²) in [6, 6.07) is 3.53. The van der Waals surface area contributed by atoms with Crippen LogP contribution in [-0.2, 0) is 23.0 Å². The minimum absolute atomic E-state index is 0.00481. The van der Waals surface area contributed by atoms with Crippen molar-refractivity contribution in [2.45, 2.75) is 38.6 Å². The zero-order chi connectivity index (χ0) is 15.6. The van der Waals surface area contributed by atoms with Crippen LogP contribution in [0, 0.1) is 13.8 Å². The fourth-order valence-corrected chi connectivity index (χ4v) is 3.39. The first-order valence-electron chi connectivity index (χ1n) is 6.64. The van der Waals surface area contributed by atoms with Gasteiger partial charge in [0, 0.05) is 6.42 Å². The van der Waals surface area contributed by atoms with Crippen LogP contribution in [0.15, 0.2) is 27.6 Å². The molecule has 0 saturated heterocycles. The van der Waals surface area contributed by atoms with E-state index in [9.17, 15) is 8.42 Å². The molecule has 0 bridgehead atoms. The van der Waals surface area contributed by atoms with E-state index < -0.39 is 10.0 Å². The molecule has 0 aliphatic heterocycles. The van der Waals surface area contributed by atoms with Crippen molar-refractivity contribution in [3.63, 3.8) is 0 Å². The van der Waals surface area contributed by atoms with Gasteiger partial charge in [-0.3, -0.25) is 0 Å². The third-order valence-electron chi connectivity index (χ3n) is 3.24. The standard InChI is InChI=1S/C14H19N3O3S/c1-4-11-7-16-12(20-11)8-17-21(18,19)14-10(3)6-5-9(2)13(14)15/h5-7,17H,4,8,15H2,1-3H3. The molecule has 0 radical (unpaired) electrons. The van der Waals surface area contributed by atoms with Crippen LogP contribution in [-0.4, -0.2) is 13.4 Å². The summed E-state index contributed by atoms with van der Waals surface area (Å²) in [4.78, 5) is 4.14. The van der Waals surface area contributed by atoms with E-state index in [0.29, 0.717) is 17.9 Å². The summed E-state index contributed by atoms with van der Waals surface area (Å²) >= 11 is 0. The Morgan fingerprint density at radius 3 is 2.57 bits per heavy atom. The number of sulfonamides is 1. The molecule has 114 valence electrons. The number of oxazole rings is 1. The van der Waals surface area contributed by atoms with E-state index in [1.54, 1.807) is 32.2 Å². The second-order valence-corrected chi connectivity index (χ2v) is 6.54. The first-order chi connectivity index (χ1) is 9.85. The van der Waals surface area contributed by atoms with Crippen LogP contribution in [0.1, 0.15) is 29.7 Å². The Morgan fingerprint density at radius 1 is 1.29 bits per heavy atom. The third-order valence-corrected chi connectivity index (χ3v) is 4.85. The lowest BCUT2D eigenvalue weighted by Crippen LogP contribution is -2.25. The summed E-state index contributed by atoms with van der Waals surface area (Å²) in [5.41, 5.74) is 7.50. The van der Waals surface area contributed by atoms with Gasteiger partial charge in [-0.15, -0.1) is 0 Å². The molecule has 21 heavy (non-hydrogen) atoms. The van der Waals surface area contributed by atoms with Gasteiger partial charge in [0.1, 0.15) is 10.7 Å². The maximum absolute atomic E-state index is 12.4. The smallest absolute Gasteiger partial charge is 0.243 e. The predicted octanol–water partition coefficient (Wildman–Crippen LogP) is 1.91. The first kappa shape index (κ1) is 15.5. The van der Waals surface area contributed by atoms with Crippen molar-refractivity contribution in [3.8, 4) is 0 Å². The minimum atomic E-state index is -3.71. The number of rotatable bonds is 5. The van der Waals surface area contributed by atoms with Gasteiger partial charge in [0.15, 0.2) is 0 Å². The van der Waals surface area contributed by atoms with Crippen molar-refractivity contribution >= 4 is 15.7 Å². The van der Waals surface area contributed by atoms with Gasteiger partial charge in [-0.2, -0.15) is 0 Å². The van der Waals surface area contributed by atoms with E-state index in [4.69, 9.17) is 10.2 Å². The van der Waals surface area contributed by atoms with E-state index in [-0.39, 0.29) is 17.1 Å². The topological polar surface area (TPSA) is 98.2 Å². The number of nitrogens with zero attached hydrogens (tertiary/aromatic N) is 1. The Hall–Kier alpha value is -1.86. The average Bonchev–Trinajstić information content (AvgIpc) is 2.89. The van der Waals surface area contributed by atoms with Gasteiger partial charge in [0.25, 0.3) is 0 Å². The molecular weight excluding hydrogens is 290 g/mol. The van der Waals surface area contributed by atoms with Crippen molar-refractivity contribution in [1.82, 2.24) is 9.71 Å². The molecule has 0 fully saturated rings. The Balaban J connectivity index is 2.25. The quantitative estimate of drug-likeness (QED) is 0.822. The average molecular weight is 309 g/mol. The Bertz CT molecular complexity index is 751. The molecular formula is C14H19N3O3S. The first-order valence-corrected chi connectivity index (χ1v) is 8.12. The van der Waals surface area contributed by atoms with E-state index >= 15 is 0 Å². The van der Waals surface area contributed by atoms with Crippen LogP contribution < -0.4 is 10.5 Å². The van der Waals surface area contributed by atoms with Gasteiger partial charge in [0.05, 0.1) is 18.4 Å². The van der Waals surface area contributed by atoms with E-state index in [0.717, 1.165) is 11.3 Å². The molecule has 0 atom stereocenters. The van der Waals surface area contributed by atoms with Crippen molar-refractivity contribution in [1.29, 1.82) is 0 Å². The Morgan fingerprint density at radius 2 is 1.95 bits per heavy atom. The van der Waals surface area contributed by atoms with Crippen molar-refractivity contribution in [2.24, 2.45) is 0 Å². The van der Waals surface area contributed by atoms with Gasteiger partial charge < -0.3 is 10.2 Å². The number of aromatic nitrogens is 1. The normalized spacial score (nSPS) is 11.8. The van der Waals surface area contributed by atoms with E-state index in [2.05, 4.69) is 9.71 Å². The molecule has 2 rings (SSSR count). The number of hydrogen-bond donors (Lipinski definition) is 2. The highest BCUT2D eigenvalue weighted by molar-refractivity contribution is 7.89. The van der Waals surface area contributed by atoms with Gasteiger partial charge in [-0.1, -0.05) is 19.1 Å². The van der Waals surface area contributed by atoms with Crippen LogP contribution in [0.2, 0.25) is 0 Å². The molecule has 6 nitrogen and oxygen atoms in total. The second-order valence-electron chi connectivity index (χ2n) is 4.84. The summed E-state index contributed by atoms with van der Waals surface area (Å²) in [7, 11) is -3.71. The molecule has 0 amide bonds. The molecule has 0 aliphatic carbocycles. The lowest BCUT2D eigenvalue weighted by molar-refractivity contribution is 0.452. The SMILES string of the molecule is CCc1cnc(CNS(=O)(=O)c2c(C)ccc(C)c2N)o1. The summed E-state index contributed by atoms with van der Waals surface area (Å²) in [6.45, 7) is 5.42. The summed E-state index contributed by atoms with van der Waals surface area (Å²) < 4.78 is 32.7. The monoisotopic (exact) mass is 309 g/mol. The molecule has 1 aromatic carbocycles. The zero-order valence-electron chi connectivity index (χ0n) is 12.3. The van der Waals surface area contributed by atoms with Crippen molar-refractivity contribution in [3.05, 3.63) is 41.1 Å². The van der Waals surface area contributed by atoms with Gasteiger partial charge >= 0.3 is 0 Å². The van der Waals surface area contributed by atoms with Gasteiger partial charge in [0.2, 0.25) is 15.9 Å². The second kappa shape index (κ2) is 5.87. The summed E-state index contributed by atoms with van der Waals surface area (Å²) in [5, 5.41) is 0. The molecule has 0 aliphatic rings. The number of nitrogens with two attached hydrogens (primary N) is 1. The van der Waals surface area contributed by atoms with Crippen LogP contribution in [0.4, 0.5) is 5.69 Å². The lowest BCUT2D eigenvalue weighted by Gasteiger charge is -2.12. The molecule has 7 heteroatoms. The molecule has 0 saturated carbocycles. The predicted molar refractivity (Wildman–Crippen MR) is 80.2 cm³/mol. The highest BCUT2D eigenvalue weighted by Crippen LogP contribution is 2.25. The molecule has 2 aromatic rings. The largest absolute Gasteiger partial charge is 0.444 e. The highest BCUT2D eigenvalue weighted by Gasteiger charge is 2.21. The molecule has 0 spiro atoms. The zero-order valence-corrected chi connectivity index (χ0v) is 13.1. The number of aryl methyl sites for hydroxylation is 3. The number of benzene rings is 1. The number of nitrogens with one attached hydrogen (secondary N) is 1. The number of hydrogen-bond acceptors (Lipinski definition) is 5. The van der Waals surface area contributed by atoms with Crippen LogP contribution in [0.3, 0.4) is 0 Å². The fraction of sp³-hybridized carbons (Fsp3) is 0.357. The van der Waals surface area contributed by atoms with Crippen LogP contribution >= 0.6 is 0 Å². The van der Waals surface area contributed by atoms with Crippen LogP contribution in [0.25, 0.3) is 0 Å². The Kier molecular flexibility index (Phi) is 4.34. The molecule has 3 N–H and O–H groups in total. The van der Waals surface area contributed by atoms with Crippen molar-refractivity contribution in [2.75, 3.05) is 5.73 Å². The Labute approximate surface area is 124 Å². The van der Waals surface area contributed by atoms with Gasteiger partial charge in [-0.05, 0) is 25.0 Å². The molecule has 0 unspecified atom stereocenters. The molecule has 1 aromatic heterocycles. The fourth-order valence-electron chi connectivity index (χ4n) is 1.99. The minimum Gasteiger partial charge on any atom is -0.444 e. The number of nitrogen functional groups attached to an aromatic ring is 1. The maximum atomic E-state index is 12.4. The van der Waals surface area contributed by atoms with Crippen molar-refractivity contribution < 1.29 is 12.8 Å². The maximum Gasteiger partial charge on any atom is 0.243 e. The van der Waals surface area contributed by atoms with E-state index in [1.807, 2.05) is 6.92 Å². The van der Waals surface area contributed by atoms with E-state index in [1.165, 1.54) is 0 Å². The summed E-state index contributed by atoms with van der Waals surface area (Å²) in [6.07, 6.45) is 2.31. The lowest BCUT2D eigenvalue weighted by atomic mass is 10.1. The van der Waals surface area contributed by atoms with Crippen LogP contribution in [0.5, 0.6) is 0 Å². The van der Waals surface area contributed by atoms with Gasteiger partial charge in [-0.25, -0.2) is 18.1 Å². The third kappa shape index (κ3) is 3.25. The highest BCUT2D eigenvalue weighted by atomic mass is 32.2.